The third-order valence-electron chi connectivity index (χ3n) is 5.48. The van der Waals surface area contributed by atoms with Gasteiger partial charge in [-0.05, 0) is 37.8 Å². The molecule has 2 N–H and O–H groups in total. The average Bonchev–Trinajstić information content (AvgIpc) is 2.99. The Morgan fingerprint density at radius 3 is 2.57 bits per heavy atom. The van der Waals surface area contributed by atoms with Gasteiger partial charge < -0.3 is 14.8 Å². The number of hydrogen-bond donors (Lipinski definition) is 2. The summed E-state index contributed by atoms with van der Waals surface area (Å²) in [5.74, 6) is 0. The highest BCUT2D eigenvalue weighted by Crippen LogP contribution is 2.42. The normalized spacial score (nSPS) is 21.9. The van der Waals surface area contributed by atoms with E-state index in [1.54, 1.807) is 0 Å². The fourth-order valence-corrected chi connectivity index (χ4v) is 3.88. The van der Waals surface area contributed by atoms with Crippen LogP contribution in [-0.2, 0) is 10.3 Å². The standard InChI is InChI=1S/C19H28N2O2/c1-4-9-18(2,22)19(3,21-10-12-23-13-11-21)17-14-15-7-5-6-8-16(15)20-17/h5-8,14,20,22H,4,9-13H2,1-3H3. The number of nitrogens with one attached hydrogen (secondary N) is 1. The first-order valence-corrected chi connectivity index (χ1v) is 8.62. The maximum Gasteiger partial charge on any atom is 0.0872 e. The third-order valence-corrected chi connectivity index (χ3v) is 5.48. The quantitative estimate of drug-likeness (QED) is 0.890. The van der Waals surface area contributed by atoms with Gasteiger partial charge in [-0.2, -0.15) is 0 Å². The minimum atomic E-state index is -0.819. The zero-order valence-electron chi connectivity index (χ0n) is 14.4. The molecule has 0 amide bonds. The minimum Gasteiger partial charge on any atom is -0.388 e. The smallest absolute Gasteiger partial charge is 0.0872 e. The maximum atomic E-state index is 11.4. The summed E-state index contributed by atoms with van der Waals surface area (Å²) in [6.45, 7) is 9.38. The topological polar surface area (TPSA) is 48.5 Å². The molecule has 1 fully saturated rings. The van der Waals surface area contributed by atoms with E-state index in [1.165, 1.54) is 5.39 Å². The third kappa shape index (κ3) is 2.80. The number of benzene rings is 1. The van der Waals surface area contributed by atoms with Gasteiger partial charge in [-0.3, -0.25) is 4.90 Å². The van der Waals surface area contributed by atoms with E-state index in [0.29, 0.717) is 0 Å². The lowest BCUT2D eigenvalue weighted by molar-refractivity contribution is -0.131. The Labute approximate surface area is 138 Å². The van der Waals surface area contributed by atoms with Crippen LogP contribution >= 0.6 is 0 Å². The zero-order chi connectivity index (χ0) is 16.5. The van der Waals surface area contributed by atoms with Gasteiger partial charge in [-0.25, -0.2) is 0 Å². The van der Waals surface area contributed by atoms with Crippen LogP contribution in [0.4, 0.5) is 0 Å². The molecule has 1 aliphatic rings. The molecule has 0 radical (unpaired) electrons. The number of fused-ring (bicyclic) bond motifs is 1. The van der Waals surface area contributed by atoms with Crippen molar-refractivity contribution in [2.75, 3.05) is 26.3 Å². The van der Waals surface area contributed by atoms with Crippen molar-refractivity contribution in [2.45, 2.75) is 44.8 Å². The second-order valence-corrected chi connectivity index (χ2v) is 6.97. The van der Waals surface area contributed by atoms with Crippen LogP contribution in [0.25, 0.3) is 10.9 Å². The van der Waals surface area contributed by atoms with Gasteiger partial charge in [-0.1, -0.05) is 31.5 Å². The first-order chi connectivity index (χ1) is 11.0. The SMILES string of the molecule is CCCC(C)(O)C(C)(c1cc2ccccc2[nH]1)N1CCOCC1. The highest BCUT2D eigenvalue weighted by atomic mass is 16.5. The molecular weight excluding hydrogens is 288 g/mol. The molecule has 1 aliphatic heterocycles. The van der Waals surface area contributed by atoms with E-state index in [2.05, 4.69) is 48.0 Å². The second-order valence-electron chi connectivity index (χ2n) is 6.97. The van der Waals surface area contributed by atoms with Crippen LogP contribution in [0.3, 0.4) is 0 Å². The van der Waals surface area contributed by atoms with Crippen molar-refractivity contribution in [3.63, 3.8) is 0 Å². The number of nitrogens with zero attached hydrogens (tertiary/aromatic N) is 1. The van der Waals surface area contributed by atoms with Crippen molar-refractivity contribution in [3.8, 4) is 0 Å². The molecule has 4 nitrogen and oxygen atoms in total. The summed E-state index contributed by atoms with van der Waals surface area (Å²) >= 11 is 0. The van der Waals surface area contributed by atoms with Crippen molar-refractivity contribution in [3.05, 3.63) is 36.0 Å². The molecule has 3 rings (SSSR count). The number of aromatic amines is 1. The predicted octanol–water partition coefficient (Wildman–Crippen LogP) is 3.27. The first-order valence-electron chi connectivity index (χ1n) is 8.62. The number of H-pyrrole nitrogens is 1. The molecular formula is C19H28N2O2. The number of morpholine rings is 1. The zero-order valence-corrected chi connectivity index (χ0v) is 14.4. The molecule has 2 heterocycles. The Kier molecular flexibility index (Phi) is 4.50. The van der Waals surface area contributed by atoms with Crippen LogP contribution in [0.1, 0.15) is 39.3 Å². The molecule has 2 unspecified atom stereocenters. The highest BCUT2D eigenvalue weighted by molar-refractivity contribution is 5.80. The van der Waals surface area contributed by atoms with Crippen LogP contribution in [0.2, 0.25) is 0 Å². The minimum absolute atomic E-state index is 0.466. The Hall–Kier alpha value is -1.36. The lowest BCUT2D eigenvalue weighted by atomic mass is 9.75. The van der Waals surface area contributed by atoms with Gasteiger partial charge in [0.2, 0.25) is 0 Å². The van der Waals surface area contributed by atoms with Gasteiger partial charge in [0.1, 0.15) is 0 Å². The summed E-state index contributed by atoms with van der Waals surface area (Å²) in [5, 5.41) is 12.6. The van der Waals surface area contributed by atoms with E-state index < -0.39 is 11.1 Å². The first kappa shape index (κ1) is 16.5. The monoisotopic (exact) mass is 316 g/mol. The number of ether oxygens (including phenoxy) is 1. The number of hydrogen-bond acceptors (Lipinski definition) is 3. The molecule has 0 bridgehead atoms. The molecule has 0 spiro atoms. The molecule has 126 valence electrons. The molecule has 23 heavy (non-hydrogen) atoms. The molecule has 1 aromatic carbocycles. The highest BCUT2D eigenvalue weighted by Gasteiger charge is 2.49. The van der Waals surface area contributed by atoms with Gasteiger partial charge in [0.25, 0.3) is 0 Å². The lowest BCUT2D eigenvalue weighted by Crippen LogP contribution is -2.61. The van der Waals surface area contributed by atoms with Crippen molar-refractivity contribution in [1.82, 2.24) is 9.88 Å². The number of aliphatic hydroxyl groups is 1. The fraction of sp³-hybridized carbons (Fsp3) is 0.579. The molecule has 1 aromatic heterocycles. The molecule has 1 saturated heterocycles. The van der Waals surface area contributed by atoms with Crippen LogP contribution in [0.15, 0.2) is 30.3 Å². The van der Waals surface area contributed by atoms with Gasteiger partial charge in [0.05, 0.1) is 24.4 Å². The molecule has 2 aromatic rings. The molecule has 0 saturated carbocycles. The summed E-state index contributed by atoms with van der Waals surface area (Å²) in [6.07, 6.45) is 1.71. The number of aromatic nitrogens is 1. The summed E-state index contributed by atoms with van der Waals surface area (Å²) in [7, 11) is 0. The number of rotatable bonds is 5. The predicted molar refractivity (Wildman–Crippen MR) is 93.6 cm³/mol. The summed E-state index contributed by atoms with van der Waals surface area (Å²) in [5.41, 5.74) is 0.916. The van der Waals surface area contributed by atoms with E-state index >= 15 is 0 Å². The Balaban J connectivity index is 2.09. The van der Waals surface area contributed by atoms with Gasteiger partial charge in [-0.15, -0.1) is 0 Å². The van der Waals surface area contributed by atoms with Crippen molar-refractivity contribution >= 4 is 10.9 Å². The van der Waals surface area contributed by atoms with Crippen molar-refractivity contribution < 1.29 is 9.84 Å². The average molecular weight is 316 g/mol. The molecule has 2 atom stereocenters. The summed E-state index contributed by atoms with van der Waals surface area (Å²) in [4.78, 5) is 5.93. The van der Waals surface area contributed by atoms with Gasteiger partial charge in [0, 0.05) is 24.3 Å². The molecule has 4 heteroatoms. The van der Waals surface area contributed by atoms with Crippen LogP contribution in [0.5, 0.6) is 0 Å². The van der Waals surface area contributed by atoms with E-state index in [0.717, 1.165) is 50.4 Å². The second kappa shape index (κ2) is 6.27. The van der Waals surface area contributed by atoms with Crippen LogP contribution in [0, 0.1) is 0 Å². The van der Waals surface area contributed by atoms with Gasteiger partial charge in [0.15, 0.2) is 0 Å². The van der Waals surface area contributed by atoms with E-state index in [9.17, 15) is 5.11 Å². The van der Waals surface area contributed by atoms with E-state index in [-0.39, 0.29) is 0 Å². The summed E-state index contributed by atoms with van der Waals surface area (Å²) in [6, 6.07) is 10.5. The van der Waals surface area contributed by atoms with Crippen molar-refractivity contribution in [2.24, 2.45) is 0 Å². The van der Waals surface area contributed by atoms with Gasteiger partial charge >= 0.3 is 0 Å². The number of para-hydroxylation sites is 1. The maximum absolute atomic E-state index is 11.4. The Morgan fingerprint density at radius 1 is 1.22 bits per heavy atom. The molecule has 0 aliphatic carbocycles. The summed E-state index contributed by atoms with van der Waals surface area (Å²) < 4.78 is 5.53. The van der Waals surface area contributed by atoms with Crippen molar-refractivity contribution in [1.29, 1.82) is 0 Å². The van der Waals surface area contributed by atoms with E-state index in [4.69, 9.17) is 4.74 Å². The van der Waals surface area contributed by atoms with Crippen LogP contribution < -0.4 is 0 Å². The Bertz CT molecular complexity index is 625. The Morgan fingerprint density at radius 2 is 1.91 bits per heavy atom. The van der Waals surface area contributed by atoms with E-state index in [1.807, 2.05) is 13.0 Å². The van der Waals surface area contributed by atoms with Crippen LogP contribution in [-0.4, -0.2) is 46.9 Å². The fourth-order valence-electron chi connectivity index (χ4n) is 3.88. The largest absolute Gasteiger partial charge is 0.388 e. The lowest BCUT2D eigenvalue weighted by Gasteiger charge is -2.51.